The summed E-state index contributed by atoms with van der Waals surface area (Å²) in [6.45, 7) is 7.05. The Bertz CT molecular complexity index is 858. The smallest absolute Gasteiger partial charge is 0.225 e. The van der Waals surface area contributed by atoms with E-state index in [0.29, 0.717) is 19.8 Å². The molecular weight excluding hydrogens is 524 g/mol. The first-order valence-electron chi connectivity index (χ1n) is 10.8. The van der Waals surface area contributed by atoms with E-state index in [9.17, 15) is 4.39 Å². The molecule has 0 amide bonds. The SMILES string of the molecule is CN=C(NCC(c1cccc(F)c1)N1CCOCC1)N1CCN(c2ncccn2)CC1.I. The number of nitrogens with one attached hydrogen (secondary N) is 1. The highest BCUT2D eigenvalue weighted by atomic mass is 127. The Hall–Kier alpha value is -2.05. The monoisotopic (exact) mass is 555 g/mol. The first-order chi connectivity index (χ1) is 15.2. The normalized spacial score (nSPS) is 18.8. The highest BCUT2D eigenvalue weighted by Gasteiger charge is 2.25. The van der Waals surface area contributed by atoms with Crippen molar-refractivity contribution in [1.82, 2.24) is 25.1 Å². The van der Waals surface area contributed by atoms with Crippen LogP contribution in [0.5, 0.6) is 0 Å². The lowest BCUT2D eigenvalue weighted by Gasteiger charge is -2.38. The van der Waals surface area contributed by atoms with Crippen LogP contribution in [0.15, 0.2) is 47.7 Å². The Morgan fingerprint density at radius 2 is 1.81 bits per heavy atom. The van der Waals surface area contributed by atoms with Gasteiger partial charge in [-0.1, -0.05) is 12.1 Å². The largest absolute Gasteiger partial charge is 0.379 e. The molecule has 2 fully saturated rings. The predicted octanol–water partition coefficient (Wildman–Crippen LogP) is 2.00. The van der Waals surface area contributed by atoms with Crippen molar-refractivity contribution < 1.29 is 9.13 Å². The summed E-state index contributed by atoms with van der Waals surface area (Å²) in [5, 5.41) is 3.53. The van der Waals surface area contributed by atoms with Crippen LogP contribution in [-0.2, 0) is 4.74 Å². The van der Waals surface area contributed by atoms with Crippen molar-refractivity contribution in [2.75, 3.05) is 71.0 Å². The fourth-order valence-electron chi connectivity index (χ4n) is 4.15. The summed E-state index contributed by atoms with van der Waals surface area (Å²) >= 11 is 0. The van der Waals surface area contributed by atoms with Gasteiger partial charge in [0.05, 0.1) is 19.3 Å². The predicted molar refractivity (Wildman–Crippen MR) is 134 cm³/mol. The molecule has 174 valence electrons. The van der Waals surface area contributed by atoms with Gasteiger partial charge in [0.1, 0.15) is 5.82 Å². The highest BCUT2D eigenvalue weighted by Crippen LogP contribution is 2.22. The van der Waals surface area contributed by atoms with E-state index < -0.39 is 0 Å². The van der Waals surface area contributed by atoms with Crippen LogP contribution in [0.4, 0.5) is 10.3 Å². The van der Waals surface area contributed by atoms with E-state index in [0.717, 1.165) is 56.7 Å². The van der Waals surface area contributed by atoms with Crippen molar-refractivity contribution in [1.29, 1.82) is 0 Å². The molecule has 3 heterocycles. The number of guanidine groups is 1. The van der Waals surface area contributed by atoms with Crippen LogP contribution >= 0.6 is 24.0 Å². The number of rotatable bonds is 5. The zero-order valence-electron chi connectivity index (χ0n) is 18.4. The maximum absolute atomic E-state index is 13.9. The fraction of sp³-hybridized carbons (Fsp3) is 0.500. The van der Waals surface area contributed by atoms with Gasteiger partial charge in [0.15, 0.2) is 5.96 Å². The molecule has 0 saturated carbocycles. The number of hydrogen-bond acceptors (Lipinski definition) is 6. The number of halogens is 2. The average Bonchev–Trinajstić information content (AvgIpc) is 2.83. The molecule has 10 heteroatoms. The van der Waals surface area contributed by atoms with E-state index in [-0.39, 0.29) is 35.8 Å². The summed E-state index contributed by atoms with van der Waals surface area (Å²) < 4.78 is 19.4. The second kappa shape index (κ2) is 12.3. The Morgan fingerprint density at radius 3 is 2.47 bits per heavy atom. The van der Waals surface area contributed by atoms with E-state index in [1.807, 2.05) is 12.1 Å². The molecule has 2 aliphatic rings. The van der Waals surface area contributed by atoms with Crippen molar-refractivity contribution >= 4 is 35.9 Å². The third-order valence-corrected chi connectivity index (χ3v) is 5.80. The van der Waals surface area contributed by atoms with Gasteiger partial charge >= 0.3 is 0 Å². The van der Waals surface area contributed by atoms with Gasteiger partial charge in [-0.25, -0.2) is 14.4 Å². The van der Waals surface area contributed by atoms with Crippen LogP contribution < -0.4 is 10.2 Å². The molecule has 2 aromatic rings. The molecule has 0 radical (unpaired) electrons. The van der Waals surface area contributed by atoms with Crippen LogP contribution in [0.1, 0.15) is 11.6 Å². The lowest BCUT2D eigenvalue weighted by Crippen LogP contribution is -2.54. The number of nitrogens with zero attached hydrogens (tertiary/aromatic N) is 6. The van der Waals surface area contributed by atoms with Gasteiger partial charge in [-0.3, -0.25) is 9.89 Å². The molecule has 2 saturated heterocycles. The third kappa shape index (κ3) is 6.26. The van der Waals surface area contributed by atoms with E-state index in [1.165, 1.54) is 6.07 Å². The van der Waals surface area contributed by atoms with Crippen LogP contribution in [0.25, 0.3) is 0 Å². The van der Waals surface area contributed by atoms with Crippen LogP contribution in [0, 0.1) is 5.82 Å². The quantitative estimate of drug-likeness (QED) is 0.344. The number of anilines is 1. The van der Waals surface area contributed by atoms with E-state index in [2.05, 4.69) is 35.0 Å². The number of benzene rings is 1. The molecule has 0 bridgehead atoms. The standard InChI is InChI=1S/C22H30FN7O.HI/c1-24-21(29-8-10-30(11-9-29)22-25-6-3-7-26-22)27-17-20(28-12-14-31-15-13-28)18-4-2-5-19(23)16-18;/h2-7,16,20H,8-15,17H2,1H3,(H,24,27);1H. The summed E-state index contributed by atoms with van der Waals surface area (Å²) in [5.74, 6) is 1.42. The lowest BCUT2D eigenvalue weighted by atomic mass is 10.0. The van der Waals surface area contributed by atoms with E-state index in [4.69, 9.17) is 4.74 Å². The zero-order chi connectivity index (χ0) is 21.5. The number of hydrogen-bond donors (Lipinski definition) is 1. The molecule has 1 unspecified atom stereocenters. The first kappa shape index (κ1) is 24.6. The van der Waals surface area contributed by atoms with Gasteiger partial charge < -0.3 is 19.9 Å². The third-order valence-electron chi connectivity index (χ3n) is 5.80. The van der Waals surface area contributed by atoms with Crippen LogP contribution in [0.3, 0.4) is 0 Å². The van der Waals surface area contributed by atoms with E-state index in [1.54, 1.807) is 31.6 Å². The van der Waals surface area contributed by atoms with Crippen molar-refractivity contribution in [2.45, 2.75) is 6.04 Å². The summed E-state index contributed by atoms with van der Waals surface area (Å²) in [6.07, 6.45) is 3.54. The Balaban J connectivity index is 0.00000289. The van der Waals surface area contributed by atoms with Crippen molar-refractivity contribution in [3.8, 4) is 0 Å². The van der Waals surface area contributed by atoms with Gasteiger partial charge in [-0.2, -0.15) is 0 Å². The molecule has 2 aliphatic heterocycles. The molecule has 0 aliphatic carbocycles. The fourth-order valence-corrected chi connectivity index (χ4v) is 4.15. The molecule has 1 aromatic heterocycles. The maximum atomic E-state index is 13.9. The number of aromatic nitrogens is 2. The molecular formula is C22H31FIN7O. The molecule has 4 rings (SSSR count). The van der Waals surface area contributed by atoms with Gasteiger partial charge in [-0.05, 0) is 23.8 Å². The Labute approximate surface area is 205 Å². The van der Waals surface area contributed by atoms with Crippen molar-refractivity contribution in [2.24, 2.45) is 4.99 Å². The van der Waals surface area contributed by atoms with Gasteiger partial charge in [0.25, 0.3) is 0 Å². The minimum Gasteiger partial charge on any atom is -0.379 e. The minimum absolute atomic E-state index is 0. The van der Waals surface area contributed by atoms with Gasteiger partial charge in [0, 0.05) is 65.3 Å². The highest BCUT2D eigenvalue weighted by molar-refractivity contribution is 14.0. The summed E-state index contributed by atoms with van der Waals surface area (Å²) in [5.41, 5.74) is 0.968. The van der Waals surface area contributed by atoms with Crippen molar-refractivity contribution in [3.63, 3.8) is 0 Å². The molecule has 0 spiro atoms. The van der Waals surface area contributed by atoms with Gasteiger partial charge in [-0.15, -0.1) is 24.0 Å². The van der Waals surface area contributed by atoms with Gasteiger partial charge in [0.2, 0.25) is 5.95 Å². The molecule has 1 N–H and O–H groups in total. The topological polar surface area (TPSA) is 69.1 Å². The summed E-state index contributed by atoms with van der Waals surface area (Å²) in [7, 11) is 1.81. The summed E-state index contributed by atoms with van der Waals surface area (Å²) in [6, 6.07) is 8.76. The van der Waals surface area contributed by atoms with Crippen molar-refractivity contribution in [3.05, 3.63) is 54.1 Å². The number of piperazine rings is 1. The molecule has 32 heavy (non-hydrogen) atoms. The second-order valence-electron chi connectivity index (χ2n) is 7.67. The zero-order valence-corrected chi connectivity index (χ0v) is 20.7. The second-order valence-corrected chi connectivity index (χ2v) is 7.67. The average molecular weight is 555 g/mol. The number of morpholine rings is 1. The first-order valence-corrected chi connectivity index (χ1v) is 10.8. The summed E-state index contributed by atoms with van der Waals surface area (Å²) in [4.78, 5) is 20.0. The molecule has 1 aromatic carbocycles. The van der Waals surface area contributed by atoms with E-state index >= 15 is 0 Å². The number of aliphatic imine (C=N–C) groups is 1. The number of ether oxygens (including phenoxy) is 1. The Kier molecular flexibility index (Phi) is 9.42. The van der Waals surface area contributed by atoms with Crippen LogP contribution in [-0.4, -0.2) is 91.8 Å². The Morgan fingerprint density at radius 1 is 1.09 bits per heavy atom. The van der Waals surface area contributed by atoms with Crippen LogP contribution in [0.2, 0.25) is 0 Å². The molecule has 8 nitrogen and oxygen atoms in total. The molecule has 1 atom stereocenters. The lowest BCUT2D eigenvalue weighted by molar-refractivity contribution is 0.0168. The minimum atomic E-state index is -0.209. The maximum Gasteiger partial charge on any atom is 0.225 e.